The lowest BCUT2D eigenvalue weighted by Crippen LogP contribution is -2.08. The van der Waals surface area contributed by atoms with Gasteiger partial charge in [0, 0.05) is 23.2 Å². The molecule has 0 spiro atoms. The molecule has 0 saturated carbocycles. The third-order valence-electron chi connectivity index (χ3n) is 3.06. The summed E-state index contributed by atoms with van der Waals surface area (Å²) in [5.74, 6) is 0.322. The lowest BCUT2D eigenvalue weighted by Gasteiger charge is -2.14. The number of aromatic hydroxyl groups is 1. The Morgan fingerprint density at radius 2 is 2.06 bits per heavy atom. The first kappa shape index (κ1) is 12.0. The van der Waals surface area contributed by atoms with E-state index in [1.807, 2.05) is 12.1 Å². The summed E-state index contributed by atoms with van der Waals surface area (Å²) in [6, 6.07) is 8.13. The van der Waals surface area contributed by atoms with Crippen LogP contribution < -0.4 is 5.73 Å². The smallest absolute Gasteiger partial charge is 0.117 e. The quantitative estimate of drug-likeness (QED) is 0.851. The molecule has 2 aromatic rings. The molecule has 0 fully saturated rings. The molecule has 0 aliphatic rings. The number of phenolic OH excluding ortho intramolecular Hbond substituents is 1. The van der Waals surface area contributed by atoms with Gasteiger partial charge in [0.1, 0.15) is 5.75 Å². The molecule has 17 heavy (non-hydrogen) atoms. The molecule has 0 saturated heterocycles. The predicted molar refractivity (Wildman–Crippen MR) is 71.4 cm³/mol. The molecule has 2 rings (SSSR count). The van der Waals surface area contributed by atoms with E-state index in [2.05, 4.69) is 24.5 Å². The Morgan fingerprint density at radius 1 is 1.29 bits per heavy atom. The minimum absolute atomic E-state index is 0.322. The average Bonchev–Trinajstić information content (AvgIpc) is 2.63. The van der Waals surface area contributed by atoms with Crippen molar-refractivity contribution in [2.45, 2.75) is 32.7 Å². The van der Waals surface area contributed by atoms with Gasteiger partial charge >= 0.3 is 0 Å². The second-order valence-electron chi connectivity index (χ2n) is 4.73. The number of hydrogen-bond acceptors (Lipinski definition) is 2. The minimum atomic E-state index is 0.322. The zero-order chi connectivity index (χ0) is 12.4. The highest BCUT2D eigenvalue weighted by Gasteiger charge is 2.11. The van der Waals surface area contributed by atoms with Gasteiger partial charge in [0.15, 0.2) is 0 Å². The molecule has 0 aliphatic carbocycles. The van der Waals surface area contributed by atoms with Crippen molar-refractivity contribution < 1.29 is 5.11 Å². The van der Waals surface area contributed by atoms with E-state index in [1.54, 1.807) is 6.07 Å². The summed E-state index contributed by atoms with van der Waals surface area (Å²) in [5.41, 5.74) is 7.97. The van der Waals surface area contributed by atoms with Crippen molar-refractivity contribution in [1.29, 1.82) is 0 Å². The van der Waals surface area contributed by atoms with Gasteiger partial charge < -0.3 is 15.4 Å². The van der Waals surface area contributed by atoms with Crippen molar-refractivity contribution in [3.63, 3.8) is 0 Å². The van der Waals surface area contributed by atoms with Crippen LogP contribution in [-0.2, 0) is 6.42 Å². The van der Waals surface area contributed by atoms with Crippen molar-refractivity contribution in [2.24, 2.45) is 5.73 Å². The van der Waals surface area contributed by atoms with Crippen LogP contribution in [0.1, 0.15) is 32.0 Å². The minimum Gasteiger partial charge on any atom is -0.508 e. The second kappa shape index (κ2) is 4.80. The Balaban J connectivity index is 2.54. The Labute approximate surface area is 102 Å². The van der Waals surface area contributed by atoms with E-state index in [1.165, 1.54) is 11.1 Å². The summed E-state index contributed by atoms with van der Waals surface area (Å²) in [4.78, 5) is 0. The summed E-state index contributed by atoms with van der Waals surface area (Å²) in [6.45, 7) is 5.04. The molecule has 1 aromatic heterocycles. The fraction of sp³-hybridized carbons (Fsp3) is 0.429. The van der Waals surface area contributed by atoms with Crippen molar-refractivity contribution >= 4 is 10.9 Å². The number of nitrogens with zero attached hydrogens (tertiary/aromatic N) is 1. The van der Waals surface area contributed by atoms with E-state index in [4.69, 9.17) is 5.73 Å². The Morgan fingerprint density at radius 3 is 2.71 bits per heavy atom. The third-order valence-corrected chi connectivity index (χ3v) is 3.06. The van der Waals surface area contributed by atoms with Crippen LogP contribution in [0.2, 0.25) is 0 Å². The molecule has 0 atom stereocenters. The van der Waals surface area contributed by atoms with E-state index in [0.717, 1.165) is 18.4 Å². The van der Waals surface area contributed by atoms with Gasteiger partial charge in [-0.3, -0.25) is 0 Å². The maximum atomic E-state index is 9.59. The van der Waals surface area contributed by atoms with Gasteiger partial charge in [-0.2, -0.15) is 0 Å². The normalized spacial score (nSPS) is 11.5. The number of nitrogens with two attached hydrogens (primary N) is 1. The molecule has 1 aromatic carbocycles. The summed E-state index contributed by atoms with van der Waals surface area (Å²) in [5, 5.41) is 10.8. The first-order valence-electron chi connectivity index (χ1n) is 6.16. The third kappa shape index (κ3) is 2.29. The van der Waals surface area contributed by atoms with Crippen LogP contribution in [0.25, 0.3) is 10.9 Å². The molecule has 3 heteroatoms. The Hall–Kier alpha value is -1.48. The maximum Gasteiger partial charge on any atom is 0.117 e. The number of aryl methyl sites for hydroxylation is 1. The van der Waals surface area contributed by atoms with Crippen molar-refractivity contribution in [3.05, 3.63) is 30.0 Å². The highest BCUT2D eigenvalue weighted by molar-refractivity contribution is 5.83. The van der Waals surface area contributed by atoms with Crippen LogP contribution in [0.15, 0.2) is 24.3 Å². The maximum absolute atomic E-state index is 9.59. The van der Waals surface area contributed by atoms with Gasteiger partial charge in [0.25, 0.3) is 0 Å². The number of benzene rings is 1. The van der Waals surface area contributed by atoms with Crippen LogP contribution in [0.4, 0.5) is 0 Å². The van der Waals surface area contributed by atoms with Crippen molar-refractivity contribution in [3.8, 4) is 5.75 Å². The monoisotopic (exact) mass is 232 g/mol. The van der Waals surface area contributed by atoms with E-state index in [9.17, 15) is 5.11 Å². The van der Waals surface area contributed by atoms with Gasteiger partial charge in [0.2, 0.25) is 0 Å². The van der Waals surface area contributed by atoms with Gasteiger partial charge in [-0.1, -0.05) is 0 Å². The SMILES string of the molecule is CC(C)n1c(CCCN)cc2ccc(O)cc21. The van der Waals surface area contributed by atoms with E-state index >= 15 is 0 Å². The van der Waals surface area contributed by atoms with Crippen molar-refractivity contribution in [2.75, 3.05) is 6.54 Å². The Kier molecular flexibility index (Phi) is 3.38. The van der Waals surface area contributed by atoms with Crippen LogP contribution >= 0.6 is 0 Å². The standard InChI is InChI=1S/C14H20N2O/c1-10(2)16-12(4-3-7-15)8-11-5-6-13(17)9-14(11)16/h5-6,8-10,17H,3-4,7,15H2,1-2H3. The molecule has 0 radical (unpaired) electrons. The van der Waals surface area contributed by atoms with E-state index < -0.39 is 0 Å². The number of fused-ring (bicyclic) bond motifs is 1. The number of aromatic nitrogens is 1. The summed E-state index contributed by atoms with van der Waals surface area (Å²) < 4.78 is 2.28. The number of rotatable bonds is 4. The lowest BCUT2D eigenvalue weighted by atomic mass is 10.2. The predicted octanol–water partition coefficient (Wildman–Crippen LogP) is 2.82. The van der Waals surface area contributed by atoms with E-state index in [-0.39, 0.29) is 0 Å². The molecule has 3 N–H and O–H groups in total. The molecule has 92 valence electrons. The van der Waals surface area contributed by atoms with Gasteiger partial charge in [-0.25, -0.2) is 0 Å². The highest BCUT2D eigenvalue weighted by atomic mass is 16.3. The molecule has 3 nitrogen and oxygen atoms in total. The molecule has 1 heterocycles. The Bertz CT molecular complexity index is 514. The van der Waals surface area contributed by atoms with Gasteiger partial charge in [-0.15, -0.1) is 0 Å². The highest BCUT2D eigenvalue weighted by Crippen LogP contribution is 2.27. The molecular weight excluding hydrogens is 212 g/mol. The van der Waals surface area contributed by atoms with Gasteiger partial charge in [0.05, 0.1) is 5.52 Å². The second-order valence-corrected chi connectivity index (χ2v) is 4.73. The summed E-state index contributed by atoms with van der Waals surface area (Å²) in [6.07, 6.45) is 1.99. The summed E-state index contributed by atoms with van der Waals surface area (Å²) >= 11 is 0. The summed E-state index contributed by atoms with van der Waals surface area (Å²) in [7, 11) is 0. The molecule has 0 bridgehead atoms. The zero-order valence-electron chi connectivity index (χ0n) is 10.5. The number of hydrogen-bond donors (Lipinski definition) is 2. The lowest BCUT2D eigenvalue weighted by molar-refractivity contribution is 0.475. The molecule has 0 unspecified atom stereocenters. The molecule has 0 amide bonds. The van der Waals surface area contributed by atoms with Crippen LogP contribution in [0, 0.1) is 0 Å². The van der Waals surface area contributed by atoms with Crippen molar-refractivity contribution in [1.82, 2.24) is 4.57 Å². The fourth-order valence-corrected chi connectivity index (χ4v) is 2.35. The topological polar surface area (TPSA) is 51.2 Å². The first-order valence-corrected chi connectivity index (χ1v) is 6.16. The number of phenols is 1. The molecule has 0 aliphatic heterocycles. The average molecular weight is 232 g/mol. The largest absolute Gasteiger partial charge is 0.508 e. The van der Waals surface area contributed by atoms with Crippen LogP contribution in [-0.4, -0.2) is 16.2 Å². The first-order chi connectivity index (χ1) is 8.13. The molecular formula is C14H20N2O. The van der Waals surface area contributed by atoms with Crippen LogP contribution in [0.5, 0.6) is 5.75 Å². The fourth-order valence-electron chi connectivity index (χ4n) is 2.35. The van der Waals surface area contributed by atoms with E-state index in [0.29, 0.717) is 18.3 Å². The zero-order valence-corrected chi connectivity index (χ0v) is 10.5. The van der Waals surface area contributed by atoms with Gasteiger partial charge in [-0.05, 0) is 51.4 Å². The van der Waals surface area contributed by atoms with Crippen LogP contribution in [0.3, 0.4) is 0 Å².